The number of hydrogen-bond acceptors (Lipinski definition) is 3. The molecule has 0 fully saturated rings. The van der Waals surface area contributed by atoms with E-state index in [1.807, 2.05) is 0 Å². The second kappa shape index (κ2) is 4.46. The molecule has 4 heteroatoms. The molecule has 0 heterocycles. The molecule has 1 aromatic rings. The first-order chi connectivity index (χ1) is 6.56. The molecule has 0 bridgehead atoms. The first kappa shape index (κ1) is 11.0. The number of carbonyl (C=O) groups excluding carboxylic acids is 1. The van der Waals surface area contributed by atoms with E-state index >= 15 is 0 Å². The maximum atomic E-state index is 13.3. The Labute approximate surface area is 87.5 Å². The van der Waals surface area contributed by atoms with Crippen LogP contribution in [0.5, 0.6) is 0 Å². The van der Waals surface area contributed by atoms with E-state index in [2.05, 4.69) is 17.4 Å². The fourth-order valence-corrected chi connectivity index (χ4v) is 1.36. The molecule has 0 saturated carbocycles. The summed E-state index contributed by atoms with van der Waals surface area (Å²) in [6.07, 6.45) is 0. The maximum Gasteiger partial charge on any atom is 0.312 e. The standard InChI is InChI=1S/C10H11FO2S/c1-6(10(12)13-2)8-4-3-7(14)5-9(8)11/h3-6,14H,1-2H3/t6-/m1/s1. The van der Waals surface area contributed by atoms with Crippen LogP contribution in [-0.4, -0.2) is 13.1 Å². The summed E-state index contributed by atoms with van der Waals surface area (Å²) in [5.74, 6) is -1.47. The lowest BCUT2D eigenvalue weighted by Crippen LogP contribution is -2.12. The number of esters is 1. The van der Waals surface area contributed by atoms with Gasteiger partial charge in [0.2, 0.25) is 0 Å². The smallest absolute Gasteiger partial charge is 0.312 e. The zero-order valence-corrected chi connectivity index (χ0v) is 8.85. The van der Waals surface area contributed by atoms with Crippen molar-refractivity contribution in [2.75, 3.05) is 7.11 Å². The number of halogens is 1. The Morgan fingerprint density at radius 1 is 1.57 bits per heavy atom. The Kier molecular flexibility index (Phi) is 3.52. The van der Waals surface area contributed by atoms with Gasteiger partial charge in [-0.1, -0.05) is 6.07 Å². The van der Waals surface area contributed by atoms with Crippen LogP contribution in [0.1, 0.15) is 18.4 Å². The van der Waals surface area contributed by atoms with Crippen LogP contribution < -0.4 is 0 Å². The van der Waals surface area contributed by atoms with Gasteiger partial charge in [0.15, 0.2) is 0 Å². The molecule has 1 rings (SSSR count). The third-order valence-electron chi connectivity index (χ3n) is 2.01. The molecular formula is C10H11FO2S. The SMILES string of the molecule is COC(=O)[C@H](C)c1ccc(S)cc1F. The molecule has 0 radical (unpaired) electrons. The quantitative estimate of drug-likeness (QED) is 0.604. The van der Waals surface area contributed by atoms with Crippen molar-refractivity contribution in [3.8, 4) is 0 Å². The van der Waals surface area contributed by atoms with Crippen molar-refractivity contribution in [3.63, 3.8) is 0 Å². The monoisotopic (exact) mass is 214 g/mol. The molecule has 0 saturated heterocycles. The third kappa shape index (κ3) is 2.26. The summed E-state index contributed by atoms with van der Waals surface area (Å²) in [6, 6.07) is 4.46. The van der Waals surface area contributed by atoms with Gasteiger partial charge in [-0.3, -0.25) is 4.79 Å². The first-order valence-corrected chi connectivity index (χ1v) is 4.57. The van der Waals surface area contributed by atoms with E-state index in [9.17, 15) is 9.18 Å². The van der Waals surface area contributed by atoms with Crippen molar-refractivity contribution < 1.29 is 13.9 Å². The number of methoxy groups -OCH3 is 1. The second-order valence-electron chi connectivity index (χ2n) is 2.95. The average Bonchev–Trinajstić information content (AvgIpc) is 2.15. The molecule has 0 aliphatic heterocycles. The van der Waals surface area contributed by atoms with E-state index < -0.39 is 17.7 Å². The van der Waals surface area contributed by atoms with Gasteiger partial charge < -0.3 is 4.74 Å². The molecule has 0 aromatic heterocycles. The molecule has 0 aliphatic carbocycles. The van der Waals surface area contributed by atoms with Gasteiger partial charge in [0, 0.05) is 10.5 Å². The van der Waals surface area contributed by atoms with Crippen LogP contribution >= 0.6 is 12.6 Å². The summed E-state index contributed by atoms with van der Waals surface area (Å²) >= 11 is 3.99. The summed E-state index contributed by atoms with van der Waals surface area (Å²) in [6.45, 7) is 1.60. The lowest BCUT2D eigenvalue weighted by atomic mass is 10.0. The first-order valence-electron chi connectivity index (χ1n) is 4.12. The van der Waals surface area contributed by atoms with Gasteiger partial charge in [0.25, 0.3) is 0 Å². The highest BCUT2D eigenvalue weighted by Crippen LogP contribution is 2.22. The summed E-state index contributed by atoms with van der Waals surface area (Å²) in [4.78, 5) is 11.7. The highest BCUT2D eigenvalue weighted by atomic mass is 32.1. The van der Waals surface area contributed by atoms with Crippen LogP contribution in [0.2, 0.25) is 0 Å². The highest BCUT2D eigenvalue weighted by molar-refractivity contribution is 7.80. The zero-order valence-electron chi connectivity index (χ0n) is 7.95. The van der Waals surface area contributed by atoms with Crippen LogP contribution in [0, 0.1) is 5.82 Å². The van der Waals surface area contributed by atoms with E-state index in [0.717, 1.165) is 0 Å². The Hall–Kier alpha value is -1.03. The Morgan fingerprint density at radius 2 is 2.21 bits per heavy atom. The van der Waals surface area contributed by atoms with Crippen LogP contribution in [0.3, 0.4) is 0 Å². The van der Waals surface area contributed by atoms with Gasteiger partial charge in [0.05, 0.1) is 13.0 Å². The molecule has 76 valence electrons. The number of thiol groups is 1. The van der Waals surface area contributed by atoms with E-state index in [4.69, 9.17) is 0 Å². The lowest BCUT2D eigenvalue weighted by Gasteiger charge is -2.10. The fourth-order valence-electron chi connectivity index (χ4n) is 1.17. The van der Waals surface area contributed by atoms with E-state index in [-0.39, 0.29) is 0 Å². The van der Waals surface area contributed by atoms with Gasteiger partial charge in [-0.15, -0.1) is 12.6 Å². The Bertz CT molecular complexity index is 352. The molecule has 0 unspecified atom stereocenters. The molecule has 0 amide bonds. The predicted molar refractivity (Wildman–Crippen MR) is 54.1 cm³/mol. The normalized spacial score (nSPS) is 12.3. The number of hydrogen-bond donors (Lipinski definition) is 1. The van der Waals surface area contributed by atoms with E-state index in [0.29, 0.717) is 10.5 Å². The molecule has 0 aliphatic rings. The Morgan fingerprint density at radius 3 is 2.71 bits per heavy atom. The van der Waals surface area contributed by atoms with Gasteiger partial charge >= 0.3 is 5.97 Å². The topological polar surface area (TPSA) is 26.3 Å². The average molecular weight is 214 g/mol. The van der Waals surface area contributed by atoms with Crippen molar-refractivity contribution in [1.29, 1.82) is 0 Å². The Balaban J connectivity index is 3.01. The molecule has 0 N–H and O–H groups in total. The summed E-state index contributed by atoms with van der Waals surface area (Å²) in [5, 5.41) is 0. The van der Waals surface area contributed by atoms with Crippen molar-refractivity contribution >= 4 is 18.6 Å². The summed E-state index contributed by atoms with van der Waals surface area (Å²) in [7, 11) is 1.28. The third-order valence-corrected chi connectivity index (χ3v) is 2.28. The molecule has 2 nitrogen and oxygen atoms in total. The largest absolute Gasteiger partial charge is 0.469 e. The van der Waals surface area contributed by atoms with Crippen molar-refractivity contribution in [1.82, 2.24) is 0 Å². The maximum absolute atomic E-state index is 13.3. The number of benzene rings is 1. The summed E-state index contributed by atoms with van der Waals surface area (Å²) in [5.41, 5.74) is 0.328. The van der Waals surface area contributed by atoms with Gasteiger partial charge in [0.1, 0.15) is 5.82 Å². The van der Waals surface area contributed by atoms with Crippen LogP contribution in [-0.2, 0) is 9.53 Å². The fraction of sp³-hybridized carbons (Fsp3) is 0.300. The molecule has 0 spiro atoms. The highest BCUT2D eigenvalue weighted by Gasteiger charge is 2.18. The van der Waals surface area contributed by atoms with E-state index in [1.54, 1.807) is 19.1 Å². The van der Waals surface area contributed by atoms with Crippen LogP contribution in [0.4, 0.5) is 4.39 Å². The van der Waals surface area contributed by atoms with Crippen molar-refractivity contribution in [2.24, 2.45) is 0 Å². The lowest BCUT2D eigenvalue weighted by molar-refractivity contribution is -0.142. The molecular weight excluding hydrogens is 203 g/mol. The number of rotatable bonds is 2. The van der Waals surface area contributed by atoms with Gasteiger partial charge in [-0.2, -0.15) is 0 Å². The minimum Gasteiger partial charge on any atom is -0.469 e. The molecule has 1 atom stereocenters. The molecule has 14 heavy (non-hydrogen) atoms. The van der Waals surface area contributed by atoms with Crippen molar-refractivity contribution in [3.05, 3.63) is 29.6 Å². The van der Waals surface area contributed by atoms with Gasteiger partial charge in [-0.05, 0) is 19.1 Å². The zero-order chi connectivity index (χ0) is 10.7. The molecule has 1 aromatic carbocycles. The van der Waals surface area contributed by atoms with Crippen LogP contribution in [0.15, 0.2) is 23.1 Å². The predicted octanol–water partition coefficient (Wildman–Crippen LogP) is 2.39. The second-order valence-corrected chi connectivity index (χ2v) is 3.47. The van der Waals surface area contributed by atoms with Gasteiger partial charge in [-0.25, -0.2) is 4.39 Å². The minimum absolute atomic E-state index is 0.328. The van der Waals surface area contributed by atoms with E-state index in [1.165, 1.54) is 13.2 Å². The minimum atomic E-state index is -0.589. The van der Waals surface area contributed by atoms with Crippen LogP contribution in [0.25, 0.3) is 0 Å². The van der Waals surface area contributed by atoms with Crippen molar-refractivity contribution in [2.45, 2.75) is 17.7 Å². The summed E-state index contributed by atoms with van der Waals surface area (Å²) < 4.78 is 17.9. The number of ether oxygens (including phenoxy) is 1. The number of carbonyl (C=O) groups is 1.